The zero-order valence-corrected chi connectivity index (χ0v) is 14.9. The van der Waals surface area contributed by atoms with Gasteiger partial charge in [0.25, 0.3) is 5.91 Å². The molecule has 0 radical (unpaired) electrons. The molecule has 10 nitrogen and oxygen atoms in total. The number of piperidine rings is 1. The first-order chi connectivity index (χ1) is 13.0. The van der Waals surface area contributed by atoms with Crippen LogP contribution in [0.3, 0.4) is 0 Å². The van der Waals surface area contributed by atoms with Crippen LogP contribution in [0.25, 0.3) is 5.69 Å². The van der Waals surface area contributed by atoms with Crippen molar-refractivity contribution in [3.8, 4) is 5.69 Å². The molecule has 0 spiro atoms. The van der Waals surface area contributed by atoms with Crippen molar-refractivity contribution in [3.63, 3.8) is 0 Å². The van der Waals surface area contributed by atoms with Gasteiger partial charge in [-0.15, -0.1) is 5.10 Å². The SMILES string of the molecule is CN(CC(=O)N1CCCC(C(=O)O)C1)C(=O)c1ccc(-n2cnnn2)cc1. The molecular weight excluding hydrogens is 352 g/mol. The Hall–Kier alpha value is -3.30. The van der Waals surface area contributed by atoms with E-state index >= 15 is 0 Å². The van der Waals surface area contributed by atoms with Gasteiger partial charge in [-0.2, -0.15) is 0 Å². The van der Waals surface area contributed by atoms with E-state index in [9.17, 15) is 14.4 Å². The lowest BCUT2D eigenvalue weighted by atomic mass is 9.98. The molecule has 3 rings (SSSR count). The number of rotatable bonds is 5. The zero-order chi connectivity index (χ0) is 19.4. The number of carbonyl (C=O) groups is 3. The van der Waals surface area contributed by atoms with Gasteiger partial charge in [0.05, 0.1) is 18.2 Å². The van der Waals surface area contributed by atoms with Gasteiger partial charge < -0.3 is 14.9 Å². The lowest BCUT2D eigenvalue weighted by Crippen LogP contribution is -2.46. The minimum Gasteiger partial charge on any atom is -0.481 e. The third-order valence-electron chi connectivity index (χ3n) is 4.57. The van der Waals surface area contributed by atoms with Gasteiger partial charge in [0.15, 0.2) is 0 Å². The number of benzene rings is 1. The van der Waals surface area contributed by atoms with E-state index in [2.05, 4.69) is 15.5 Å². The van der Waals surface area contributed by atoms with Gasteiger partial charge in [-0.3, -0.25) is 14.4 Å². The summed E-state index contributed by atoms with van der Waals surface area (Å²) in [5.41, 5.74) is 1.15. The molecule has 2 heterocycles. The normalized spacial score (nSPS) is 16.8. The highest BCUT2D eigenvalue weighted by molar-refractivity contribution is 5.96. The second-order valence-electron chi connectivity index (χ2n) is 6.48. The number of likely N-dealkylation sites (tertiary alicyclic amines) is 1. The smallest absolute Gasteiger partial charge is 0.308 e. The monoisotopic (exact) mass is 372 g/mol. The second-order valence-corrected chi connectivity index (χ2v) is 6.48. The van der Waals surface area contributed by atoms with Crippen LogP contribution in [-0.2, 0) is 9.59 Å². The molecule has 2 amide bonds. The average molecular weight is 372 g/mol. The predicted molar refractivity (Wildman–Crippen MR) is 93.1 cm³/mol. The first-order valence-corrected chi connectivity index (χ1v) is 8.55. The Bertz CT molecular complexity index is 820. The topological polar surface area (TPSA) is 122 Å². The van der Waals surface area contributed by atoms with Crippen LogP contribution in [0.15, 0.2) is 30.6 Å². The van der Waals surface area contributed by atoms with E-state index in [1.807, 2.05) is 0 Å². The fourth-order valence-corrected chi connectivity index (χ4v) is 3.04. The van der Waals surface area contributed by atoms with Crippen LogP contribution in [0.2, 0.25) is 0 Å². The second kappa shape index (κ2) is 7.94. The molecule has 10 heteroatoms. The molecule has 27 heavy (non-hydrogen) atoms. The van der Waals surface area contributed by atoms with Crippen LogP contribution in [0, 0.1) is 5.92 Å². The number of aliphatic carboxylic acids is 1. The minimum absolute atomic E-state index is 0.0973. The molecule has 1 unspecified atom stereocenters. The molecule has 0 bridgehead atoms. The van der Waals surface area contributed by atoms with Gasteiger partial charge in [0, 0.05) is 25.7 Å². The van der Waals surface area contributed by atoms with E-state index in [1.54, 1.807) is 31.3 Å². The summed E-state index contributed by atoms with van der Waals surface area (Å²) in [7, 11) is 1.55. The molecule has 1 atom stereocenters. The molecule has 1 aliphatic rings. The number of likely N-dealkylation sites (N-methyl/N-ethyl adjacent to an activating group) is 1. The molecular formula is C17H20N6O4. The summed E-state index contributed by atoms with van der Waals surface area (Å²) in [6, 6.07) is 6.70. The highest BCUT2D eigenvalue weighted by Gasteiger charge is 2.29. The van der Waals surface area contributed by atoms with Crippen LogP contribution in [-0.4, -0.2) is 79.6 Å². The molecule has 1 fully saturated rings. The number of carboxylic acid groups (broad SMARTS) is 1. The maximum Gasteiger partial charge on any atom is 0.308 e. The third-order valence-corrected chi connectivity index (χ3v) is 4.57. The number of amides is 2. The summed E-state index contributed by atoms with van der Waals surface area (Å²) in [5.74, 6) is -1.97. The van der Waals surface area contributed by atoms with Crippen LogP contribution in [0.4, 0.5) is 0 Å². The Morgan fingerprint density at radius 1 is 1.26 bits per heavy atom. The Balaban J connectivity index is 1.60. The number of carbonyl (C=O) groups excluding carboxylic acids is 2. The summed E-state index contributed by atoms with van der Waals surface area (Å²) in [6.07, 6.45) is 2.67. The quantitative estimate of drug-likeness (QED) is 0.787. The molecule has 2 aromatic rings. The Morgan fingerprint density at radius 3 is 2.63 bits per heavy atom. The van der Waals surface area contributed by atoms with E-state index in [1.165, 1.54) is 20.8 Å². The number of tetrazole rings is 1. The molecule has 1 saturated heterocycles. The maximum atomic E-state index is 12.5. The van der Waals surface area contributed by atoms with E-state index in [4.69, 9.17) is 5.11 Å². The lowest BCUT2D eigenvalue weighted by molar-refractivity contribution is -0.145. The molecule has 142 valence electrons. The van der Waals surface area contributed by atoms with Crippen molar-refractivity contribution in [3.05, 3.63) is 36.2 Å². The Labute approximate surface area is 155 Å². The minimum atomic E-state index is -0.889. The Kier molecular flexibility index (Phi) is 5.43. The highest BCUT2D eigenvalue weighted by atomic mass is 16.4. The van der Waals surface area contributed by atoms with E-state index in [0.717, 1.165) is 0 Å². The van der Waals surface area contributed by atoms with Crippen molar-refractivity contribution >= 4 is 17.8 Å². The fraction of sp³-hybridized carbons (Fsp3) is 0.412. The summed E-state index contributed by atoms with van der Waals surface area (Å²) in [4.78, 5) is 39.0. The number of hydrogen-bond acceptors (Lipinski definition) is 6. The number of aromatic nitrogens is 4. The van der Waals surface area contributed by atoms with Gasteiger partial charge in [-0.25, -0.2) is 4.68 Å². The standard InChI is InChI=1S/C17H20N6O4/c1-21(10-15(24)22-8-2-3-13(9-22)17(26)27)16(25)12-4-6-14(7-5-12)23-11-18-19-20-23/h4-7,11,13H,2-3,8-10H2,1H3,(H,26,27). The largest absolute Gasteiger partial charge is 0.481 e. The molecule has 1 aromatic heterocycles. The lowest BCUT2D eigenvalue weighted by Gasteiger charge is -2.32. The van der Waals surface area contributed by atoms with Crippen molar-refractivity contribution in [2.75, 3.05) is 26.7 Å². The molecule has 1 aliphatic heterocycles. The van der Waals surface area contributed by atoms with Crippen molar-refractivity contribution in [1.29, 1.82) is 0 Å². The van der Waals surface area contributed by atoms with E-state index < -0.39 is 11.9 Å². The maximum absolute atomic E-state index is 12.5. The van der Waals surface area contributed by atoms with Crippen LogP contribution in [0.5, 0.6) is 0 Å². The Morgan fingerprint density at radius 2 is 2.00 bits per heavy atom. The highest BCUT2D eigenvalue weighted by Crippen LogP contribution is 2.17. The summed E-state index contributed by atoms with van der Waals surface area (Å²) in [6.45, 7) is 0.613. The number of carboxylic acids is 1. The van der Waals surface area contributed by atoms with E-state index in [0.29, 0.717) is 30.6 Å². The molecule has 0 saturated carbocycles. The summed E-state index contributed by atoms with van der Waals surface area (Å²) >= 11 is 0. The van der Waals surface area contributed by atoms with Gasteiger partial charge in [-0.05, 0) is 47.5 Å². The van der Waals surface area contributed by atoms with Gasteiger partial charge in [0.2, 0.25) is 5.91 Å². The number of nitrogens with zero attached hydrogens (tertiary/aromatic N) is 6. The van der Waals surface area contributed by atoms with Gasteiger partial charge in [0.1, 0.15) is 6.33 Å². The summed E-state index contributed by atoms with van der Waals surface area (Å²) in [5, 5.41) is 20.0. The zero-order valence-electron chi connectivity index (χ0n) is 14.9. The van der Waals surface area contributed by atoms with Gasteiger partial charge in [-0.1, -0.05) is 0 Å². The first-order valence-electron chi connectivity index (χ1n) is 8.55. The molecule has 1 aromatic carbocycles. The fourth-order valence-electron chi connectivity index (χ4n) is 3.04. The molecule has 0 aliphatic carbocycles. The van der Waals surface area contributed by atoms with Crippen molar-refractivity contribution in [2.45, 2.75) is 12.8 Å². The molecule has 1 N–H and O–H groups in total. The average Bonchev–Trinajstić information content (AvgIpc) is 3.22. The van der Waals surface area contributed by atoms with Crippen LogP contribution >= 0.6 is 0 Å². The van der Waals surface area contributed by atoms with Crippen molar-refractivity contribution in [2.24, 2.45) is 5.92 Å². The van der Waals surface area contributed by atoms with Crippen molar-refractivity contribution in [1.82, 2.24) is 30.0 Å². The third kappa shape index (κ3) is 4.27. The van der Waals surface area contributed by atoms with Gasteiger partial charge >= 0.3 is 5.97 Å². The van der Waals surface area contributed by atoms with Crippen LogP contribution < -0.4 is 0 Å². The van der Waals surface area contributed by atoms with E-state index in [-0.39, 0.29) is 24.9 Å². The van der Waals surface area contributed by atoms with Crippen molar-refractivity contribution < 1.29 is 19.5 Å². The number of hydrogen-bond donors (Lipinski definition) is 1. The van der Waals surface area contributed by atoms with Crippen LogP contribution in [0.1, 0.15) is 23.2 Å². The summed E-state index contributed by atoms with van der Waals surface area (Å²) < 4.78 is 1.47. The predicted octanol–water partition coefficient (Wildman–Crippen LogP) is 0.0575. The first kappa shape index (κ1) is 18.5.